The molecule has 1 aliphatic rings. The molecule has 0 spiro atoms. The molecule has 2 aromatic heterocycles. The number of nitro benzene ring substituents is 1. The molecule has 1 fully saturated rings. The van der Waals surface area contributed by atoms with Crippen LogP contribution in [0.15, 0.2) is 40.9 Å². The Morgan fingerprint density at radius 2 is 1.84 bits per heavy atom. The molecule has 0 atom stereocenters. The molecule has 0 aliphatic carbocycles. The van der Waals surface area contributed by atoms with Gasteiger partial charge in [0.05, 0.1) is 31.1 Å². The summed E-state index contributed by atoms with van der Waals surface area (Å²) in [6.07, 6.45) is 0. The molecule has 3 heterocycles. The van der Waals surface area contributed by atoms with Gasteiger partial charge in [-0.1, -0.05) is 5.16 Å². The number of nitrogens with zero attached hydrogens (tertiary/aromatic N) is 4. The number of nitrogens with one attached hydrogen (secondary N) is 1. The first-order chi connectivity index (χ1) is 14.8. The Labute approximate surface area is 180 Å². The Kier molecular flexibility index (Phi) is 5.60. The average molecular weight is 424 g/mol. The van der Waals surface area contributed by atoms with Crippen LogP contribution in [-0.4, -0.2) is 53.2 Å². The van der Waals surface area contributed by atoms with Crippen LogP contribution in [0.1, 0.15) is 27.5 Å². The molecule has 0 bridgehead atoms. The van der Waals surface area contributed by atoms with E-state index in [1.165, 1.54) is 17.0 Å². The number of Topliss-reactive ketones (excluding diaryl/α,β-unsaturated/α-hetero) is 1. The van der Waals surface area contributed by atoms with E-state index in [9.17, 15) is 14.9 Å². The Hall–Kier alpha value is -3.46. The Balaban J connectivity index is 1.39. The summed E-state index contributed by atoms with van der Waals surface area (Å²) in [5, 5.41) is 14.9. The van der Waals surface area contributed by atoms with E-state index in [4.69, 9.17) is 4.52 Å². The van der Waals surface area contributed by atoms with Crippen LogP contribution in [0.5, 0.6) is 0 Å². The first kappa shape index (κ1) is 20.8. The molecule has 0 unspecified atom stereocenters. The van der Waals surface area contributed by atoms with Crippen LogP contribution in [0.3, 0.4) is 0 Å². The summed E-state index contributed by atoms with van der Waals surface area (Å²) in [4.78, 5) is 26.9. The SMILES string of the molecule is Cc1cc(-n2c(C)cc(C(=O)C[NH+]3CCN(c4ccc([N+](=O)[O-])cc4)CC3)c2C)no1. The van der Waals surface area contributed by atoms with Crippen molar-refractivity contribution in [1.29, 1.82) is 0 Å². The van der Waals surface area contributed by atoms with Gasteiger partial charge in [-0.05, 0) is 39.0 Å². The number of anilines is 1. The number of ketones is 1. The van der Waals surface area contributed by atoms with Crippen molar-refractivity contribution in [3.8, 4) is 5.82 Å². The van der Waals surface area contributed by atoms with Crippen LogP contribution >= 0.6 is 0 Å². The second kappa shape index (κ2) is 8.35. The lowest BCUT2D eigenvalue weighted by molar-refractivity contribution is -0.892. The van der Waals surface area contributed by atoms with Gasteiger partial charge in [0.2, 0.25) is 5.78 Å². The summed E-state index contributed by atoms with van der Waals surface area (Å²) in [6.45, 7) is 9.46. The maximum Gasteiger partial charge on any atom is 0.269 e. The van der Waals surface area contributed by atoms with Gasteiger partial charge in [-0.15, -0.1) is 0 Å². The zero-order valence-electron chi connectivity index (χ0n) is 17.9. The highest BCUT2D eigenvalue weighted by Crippen LogP contribution is 2.21. The molecular formula is C22H26N5O4+. The maximum atomic E-state index is 13.0. The van der Waals surface area contributed by atoms with Gasteiger partial charge in [0.15, 0.2) is 5.82 Å². The highest BCUT2D eigenvalue weighted by atomic mass is 16.6. The predicted molar refractivity (Wildman–Crippen MR) is 115 cm³/mol. The monoisotopic (exact) mass is 424 g/mol. The summed E-state index contributed by atoms with van der Waals surface area (Å²) in [7, 11) is 0. The third kappa shape index (κ3) is 4.22. The highest BCUT2D eigenvalue weighted by molar-refractivity contribution is 5.98. The minimum Gasteiger partial charge on any atom is -0.360 e. The standard InChI is InChI=1S/C22H25N5O4/c1-15-12-20(17(3)26(15)22-13-16(2)31-23-22)21(28)14-24-8-10-25(11-9-24)18-4-6-19(7-5-18)27(29)30/h4-7,12-13H,8-11,14H2,1-3H3/p+1. The van der Waals surface area contributed by atoms with Gasteiger partial charge in [-0.3, -0.25) is 19.5 Å². The lowest BCUT2D eigenvalue weighted by Crippen LogP contribution is -3.15. The number of nitro groups is 1. The normalized spacial score (nSPS) is 14.7. The van der Waals surface area contributed by atoms with Crippen molar-refractivity contribution in [2.45, 2.75) is 20.8 Å². The molecule has 4 rings (SSSR count). The number of carbonyl (C=O) groups is 1. The highest BCUT2D eigenvalue weighted by Gasteiger charge is 2.26. The van der Waals surface area contributed by atoms with Crippen LogP contribution in [0, 0.1) is 30.9 Å². The van der Waals surface area contributed by atoms with E-state index in [1.54, 1.807) is 12.1 Å². The molecule has 9 heteroatoms. The van der Waals surface area contributed by atoms with E-state index in [2.05, 4.69) is 10.1 Å². The summed E-state index contributed by atoms with van der Waals surface area (Å²) in [5.41, 5.74) is 3.62. The largest absolute Gasteiger partial charge is 0.360 e. The quantitative estimate of drug-likeness (QED) is 0.369. The molecule has 1 aromatic carbocycles. The van der Waals surface area contributed by atoms with Gasteiger partial charge in [0.1, 0.15) is 12.3 Å². The summed E-state index contributed by atoms with van der Waals surface area (Å²) in [5.74, 6) is 1.54. The zero-order chi connectivity index (χ0) is 22.1. The second-order valence-corrected chi connectivity index (χ2v) is 8.03. The summed E-state index contributed by atoms with van der Waals surface area (Å²) in [6, 6.07) is 10.4. The number of rotatable bonds is 6. The molecule has 0 saturated carbocycles. The topological polar surface area (TPSA) is 98.8 Å². The molecule has 1 saturated heterocycles. The number of non-ortho nitro benzene ring substituents is 1. The number of quaternary nitrogens is 1. The number of aromatic nitrogens is 2. The molecule has 0 amide bonds. The molecule has 1 N–H and O–H groups in total. The third-order valence-corrected chi connectivity index (χ3v) is 5.88. The van der Waals surface area contributed by atoms with Crippen molar-refractivity contribution < 1.29 is 19.1 Å². The molecule has 0 radical (unpaired) electrons. The van der Waals surface area contributed by atoms with Gasteiger partial charge >= 0.3 is 0 Å². The van der Waals surface area contributed by atoms with E-state index in [0.717, 1.165) is 54.6 Å². The van der Waals surface area contributed by atoms with E-state index >= 15 is 0 Å². The van der Waals surface area contributed by atoms with Gasteiger partial charge in [0, 0.05) is 40.8 Å². The zero-order valence-corrected chi connectivity index (χ0v) is 17.9. The summed E-state index contributed by atoms with van der Waals surface area (Å²) >= 11 is 0. The number of hydrogen-bond acceptors (Lipinski definition) is 6. The van der Waals surface area contributed by atoms with Gasteiger partial charge < -0.3 is 14.3 Å². The number of piperazine rings is 1. The number of aryl methyl sites for hydroxylation is 2. The van der Waals surface area contributed by atoms with Crippen molar-refractivity contribution in [1.82, 2.24) is 9.72 Å². The summed E-state index contributed by atoms with van der Waals surface area (Å²) < 4.78 is 7.14. The Bertz CT molecular complexity index is 1110. The van der Waals surface area contributed by atoms with E-state index in [-0.39, 0.29) is 11.5 Å². The van der Waals surface area contributed by atoms with Crippen molar-refractivity contribution >= 4 is 17.2 Å². The van der Waals surface area contributed by atoms with E-state index < -0.39 is 4.92 Å². The van der Waals surface area contributed by atoms with Gasteiger partial charge in [0.25, 0.3) is 5.69 Å². The third-order valence-electron chi connectivity index (χ3n) is 5.88. The van der Waals surface area contributed by atoms with Crippen LogP contribution in [0.2, 0.25) is 0 Å². The van der Waals surface area contributed by atoms with Crippen molar-refractivity contribution in [2.24, 2.45) is 0 Å². The van der Waals surface area contributed by atoms with Gasteiger partial charge in [-0.25, -0.2) is 0 Å². The van der Waals surface area contributed by atoms with E-state index in [1.807, 2.05) is 37.5 Å². The van der Waals surface area contributed by atoms with Crippen molar-refractivity contribution in [2.75, 3.05) is 37.6 Å². The Morgan fingerprint density at radius 3 is 2.42 bits per heavy atom. The van der Waals surface area contributed by atoms with Crippen LogP contribution < -0.4 is 9.80 Å². The molecule has 9 nitrogen and oxygen atoms in total. The average Bonchev–Trinajstić information content (AvgIpc) is 3.30. The molecule has 31 heavy (non-hydrogen) atoms. The number of carbonyl (C=O) groups excluding carboxylic acids is 1. The fourth-order valence-electron chi connectivity index (χ4n) is 4.22. The first-order valence-corrected chi connectivity index (χ1v) is 10.3. The van der Waals surface area contributed by atoms with Crippen molar-refractivity contribution in [3.05, 3.63) is 69.2 Å². The fraction of sp³-hybridized carbons (Fsp3) is 0.364. The molecular weight excluding hydrogens is 398 g/mol. The van der Waals surface area contributed by atoms with Gasteiger partial charge in [-0.2, -0.15) is 0 Å². The molecule has 1 aliphatic heterocycles. The molecule has 3 aromatic rings. The minimum absolute atomic E-state index is 0.0944. The van der Waals surface area contributed by atoms with Crippen LogP contribution in [0.4, 0.5) is 11.4 Å². The van der Waals surface area contributed by atoms with E-state index in [0.29, 0.717) is 12.4 Å². The number of benzene rings is 1. The van der Waals surface area contributed by atoms with Crippen LogP contribution in [-0.2, 0) is 0 Å². The maximum absolute atomic E-state index is 13.0. The lowest BCUT2D eigenvalue weighted by atomic mass is 10.1. The minimum atomic E-state index is -0.391. The van der Waals surface area contributed by atoms with Crippen molar-refractivity contribution in [3.63, 3.8) is 0 Å². The number of hydrogen-bond donors (Lipinski definition) is 1. The predicted octanol–water partition coefficient (Wildman–Crippen LogP) is 1.89. The molecule has 162 valence electrons. The van der Waals surface area contributed by atoms with Crippen LogP contribution in [0.25, 0.3) is 5.82 Å². The second-order valence-electron chi connectivity index (χ2n) is 8.03. The Morgan fingerprint density at radius 1 is 1.16 bits per heavy atom. The smallest absolute Gasteiger partial charge is 0.269 e. The first-order valence-electron chi connectivity index (χ1n) is 10.3. The lowest BCUT2D eigenvalue weighted by Gasteiger charge is -2.33. The fourth-order valence-corrected chi connectivity index (χ4v) is 4.22.